The van der Waals surface area contributed by atoms with Crippen molar-refractivity contribution in [2.75, 3.05) is 4.90 Å². The zero-order valence-corrected chi connectivity index (χ0v) is 40.8. The Kier molecular flexibility index (Phi) is 10.0. The minimum Gasteiger partial charge on any atom is -0.406 e. The van der Waals surface area contributed by atoms with E-state index in [0.29, 0.717) is 0 Å². The van der Waals surface area contributed by atoms with Gasteiger partial charge in [-0.2, -0.15) is 0 Å². The molecule has 2 aliphatic carbocycles. The molecule has 0 spiro atoms. The second kappa shape index (κ2) is 16.5. The maximum atomic E-state index is 13.0. The van der Waals surface area contributed by atoms with Crippen LogP contribution in [0.15, 0.2) is 224 Å². The minimum absolute atomic E-state index is 0.238. The lowest BCUT2D eigenvalue weighted by Gasteiger charge is -2.32. The van der Waals surface area contributed by atoms with Crippen molar-refractivity contribution in [2.45, 2.75) is 44.9 Å². The second-order valence-electron chi connectivity index (χ2n) is 20.4. The van der Waals surface area contributed by atoms with Crippen LogP contribution in [0.25, 0.3) is 83.1 Å². The maximum absolute atomic E-state index is 13.0. The summed E-state index contributed by atoms with van der Waals surface area (Å²) >= 11 is 0. The molecule has 11 aromatic rings. The number of hydrogen-bond donors (Lipinski definition) is 0. The molecule has 3 nitrogen and oxygen atoms in total. The molecule has 0 unspecified atom stereocenters. The number of nitrogens with zero attached hydrogens (tertiary/aromatic N) is 2. The minimum atomic E-state index is -4.76. The molecule has 0 bridgehead atoms. The zero-order valence-electron chi connectivity index (χ0n) is 40.8. The van der Waals surface area contributed by atoms with Crippen molar-refractivity contribution in [1.82, 2.24) is 4.57 Å². The molecule has 0 amide bonds. The third kappa shape index (κ3) is 7.10. The molecule has 1 heterocycles. The van der Waals surface area contributed by atoms with E-state index in [1.165, 1.54) is 67.4 Å². The normalized spacial score (nSPS) is 13.9. The van der Waals surface area contributed by atoms with Crippen molar-refractivity contribution in [3.63, 3.8) is 0 Å². The second-order valence-corrected chi connectivity index (χ2v) is 20.4. The molecule has 0 N–H and O–H groups in total. The zero-order chi connectivity index (χ0) is 49.8. The van der Waals surface area contributed by atoms with Crippen LogP contribution >= 0.6 is 0 Å². The summed E-state index contributed by atoms with van der Waals surface area (Å²) in [6.45, 7) is 9.36. The van der Waals surface area contributed by atoms with Gasteiger partial charge in [0, 0.05) is 44.1 Å². The predicted molar refractivity (Wildman–Crippen MR) is 294 cm³/mol. The fraction of sp³-hybridized carbons (Fsp3) is 0.104. The molecule has 0 saturated carbocycles. The van der Waals surface area contributed by atoms with Crippen LogP contribution in [0.2, 0.25) is 0 Å². The Morgan fingerprint density at radius 2 is 0.945 bits per heavy atom. The van der Waals surface area contributed by atoms with Gasteiger partial charge in [0.25, 0.3) is 0 Å². The summed E-state index contributed by atoms with van der Waals surface area (Å²) in [6.07, 6.45) is -4.76. The summed E-state index contributed by atoms with van der Waals surface area (Å²) in [7, 11) is 0. The van der Waals surface area contributed by atoms with Gasteiger partial charge in [-0.25, -0.2) is 0 Å². The molecule has 6 heteroatoms. The lowest BCUT2D eigenvalue weighted by atomic mass is 9.82. The highest BCUT2D eigenvalue weighted by Crippen LogP contribution is 2.57. The molecular weight excluding hydrogens is 906 g/mol. The number of para-hydroxylation sites is 2. The smallest absolute Gasteiger partial charge is 0.406 e. The van der Waals surface area contributed by atoms with Crippen molar-refractivity contribution >= 4 is 38.9 Å². The fourth-order valence-corrected chi connectivity index (χ4v) is 12.1. The van der Waals surface area contributed by atoms with Crippen LogP contribution in [-0.2, 0) is 10.8 Å². The van der Waals surface area contributed by atoms with Crippen molar-refractivity contribution in [1.29, 1.82) is 0 Å². The summed E-state index contributed by atoms with van der Waals surface area (Å²) in [4.78, 5) is 2.52. The Morgan fingerprint density at radius 3 is 1.68 bits per heavy atom. The molecule has 1 aromatic heterocycles. The highest BCUT2D eigenvalue weighted by Gasteiger charge is 2.40. The Labute approximate surface area is 423 Å². The first-order valence-electron chi connectivity index (χ1n) is 24.8. The van der Waals surface area contributed by atoms with Crippen molar-refractivity contribution in [3.8, 4) is 67.1 Å². The van der Waals surface area contributed by atoms with Gasteiger partial charge in [-0.3, -0.25) is 0 Å². The van der Waals surface area contributed by atoms with Crippen LogP contribution in [0.1, 0.15) is 49.9 Å². The Balaban J connectivity index is 1.08. The molecule has 0 fully saturated rings. The van der Waals surface area contributed by atoms with Gasteiger partial charge in [0.05, 0.1) is 22.4 Å². The van der Waals surface area contributed by atoms with Crippen LogP contribution < -0.4 is 9.64 Å². The van der Waals surface area contributed by atoms with E-state index in [1.807, 2.05) is 12.1 Å². The number of hydrogen-bond acceptors (Lipinski definition) is 2. The lowest BCUT2D eigenvalue weighted by Crippen LogP contribution is -2.18. The average molecular weight is 955 g/mol. The van der Waals surface area contributed by atoms with E-state index in [1.54, 1.807) is 12.1 Å². The summed E-state index contributed by atoms with van der Waals surface area (Å²) in [6, 6.07) is 78.7. The Bertz CT molecular complexity index is 3980. The monoisotopic (exact) mass is 954 g/mol. The molecule has 354 valence electrons. The first-order chi connectivity index (χ1) is 35.3. The highest BCUT2D eigenvalue weighted by atomic mass is 19.4. The first-order valence-corrected chi connectivity index (χ1v) is 24.8. The van der Waals surface area contributed by atoms with E-state index >= 15 is 0 Å². The maximum Gasteiger partial charge on any atom is 0.573 e. The van der Waals surface area contributed by atoms with E-state index in [9.17, 15) is 13.2 Å². The number of halogens is 3. The molecule has 13 rings (SSSR count). The van der Waals surface area contributed by atoms with Gasteiger partial charge in [0.15, 0.2) is 0 Å². The van der Waals surface area contributed by atoms with E-state index in [4.69, 9.17) is 0 Å². The number of benzene rings is 10. The molecule has 0 aliphatic heterocycles. The summed E-state index contributed by atoms with van der Waals surface area (Å²) in [5.41, 5.74) is 22.1. The van der Waals surface area contributed by atoms with E-state index in [2.05, 4.69) is 230 Å². The number of aromatic nitrogens is 1. The van der Waals surface area contributed by atoms with Gasteiger partial charge >= 0.3 is 6.36 Å². The van der Waals surface area contributed by atoms with Crippen LogP contribution in [0.3, 0.4) is 0 Å². The molecule has 73 heavy (non-hydrogen) atoms. The van der Waals surface area contributed by atoms with E-state index < -0.39 is 6.36 Å². The lowest BCUT2D eigenvalue weighted by molar-refractivity contribution is -0.274. The van der Waals surface area contributed by atoms with Gasteiger partial charge < -0.3 is 14.2 Å². The number of ether oxygens (including phenoxy) is 1. The number of rotatable bonds is 8. The van der Waals surface area contributed by atoms with Gasteiger partial charge in [-0.05, 0) is 127 Å². The predicted octanol–water partition coefficient (Wildman–Crippen LogP) is 18.8. The van der Waals surface area contributed by atoms with Crippen LogP contribution in [-0.4, -0.2) is 10.9 Å². The Hall–Kier alpha value is -8.61. The molecular formula is C67H49F3N2O. The van der Waals surface area contributed by atoms with Crippen molar-refractivity contribution in [3.05, 3.63) is 247 Å². The third-order valence-electron chi connectivity index (χ3n) is 15.5. The van der Waals surface area contributed by atoms with Gasteiger partial charge in [0.1, 0.15) is 5.75 Å². The largest absolute Gasteiger partial charge is 0.573 e. The van der Waals surface area contributed by atoms with Crippen LogP contribution in [0.4, 0.5) is 30.2 Å². The van der Waals surface area contributed by atoms with Crippen LogP contribution in [0.5, 0.6) is 5.75 Å². The summed E-state index contributed by atoms with van der Waals surface area (Å²) < 4.78 is 45.6. The molecule has 0 atom stereocenters. The standard InChI is InChI=1S/C67H49F3N2O/c1-65(2)56-23-12-9-19-53(56)64-57(65)24-15-27-61(64)72(47-35-39-50-49-18-8-11-22-55(49)66(3,4)58(50)41-47)62-40-45(44-30-28-42(29-31-44)43-32-36-48(37-33-43)73-67(68,69)70)34-38-51(62)52-21-14-26-60-63(52)54-20-10-13-25-59(54)71(60)46-16-6-5-7-17-46/h5-41H,1-4H3. The average Bonchev–Trinajstić information content (AvgIpc) is 3.97. The van der Waals surface area contributed by atoms with Gasteiger partial charge in [0.2, 0.25) is 0 Å². The SMILES string of the molecule is CC1(C)c2ccccc2-c2ccc(N(c3cc(-c4ccc(-c5ccc(OC(F)(F)F)cc5)cc4)ccc3-c3cccc4c3c3ccccc3n4-c3ccccc3)c3cccc4c3-c3ccccc3C4(C)C)cc21. The van der Waals surface area contributed by atoms with Crippen molar-refractivity contribution in [2.24, 2.45) is 0 Å². The molecule has 10 aromatic carbocycles. The van der Waals surface area contributed by atoms with Gasteiger partial charge in [-0.1, -0.05) is 191 Å². The highest BCUT2D eigenvalue weighted by molar-refractivity contribution is 6.17. The van der Waals surface area contributed by atoms with E-state index in [-0.39, 0.29) is 16.6 Å². The first kappa shape index (κ1) is 44.3. The topological polar surface area (TPSA) is 17.4 Å². The summed E-state index contributed by atoms with van der Waals surface area (Å²) in [5, 5.41) is 2.34. The van der Waals surface area contributed by atoms with Crippen LogP contribution in [0, 0.1) is 0 Å². The van der Waals surface area contributed by atoms with E-state index in [0.717, 1.165) is 67.2 Å². The number of fused-ring (bicyclic) bond motifs is 9. The summed E-state index contributed by atoms with van der Waals surface area (Å²) in [5.74, 6) is -0.252. The fourth-order valence-electron chi connectivity index (χ4n) is 12.1. The molecule has 0 radical (unpaired) electrons. The van der Waals surface area contributed by atoms with Gasteiger partial charge in [-0.15, -0.1) is 13.2 Å². The molecule has 2 aliphatic rings. The van der Waals surface area contributed by atoms with Crippen molar-refractivity contribution < 1.29 is 17.9 Å². The quantitative estimate of drug-likeness (QED) is 0.151. The third-order valence-corrected chi connectivity index (χ3v) is 15.5. The Morgan fingerprint density at radius 1 is 0.411 bits per heavy atom. The number of alkyl halides is 3. The number of anilines is 3. The molecule has 0 saturated heterocycles.